The SMILES string of the molecule is O=[Se](=O)(CC(OCC[O-])c1ccccc1)c1ccccc1. The van der Waals surface area contributed by atoms with Crippen LogP contribution in [0, 0.1) is 0 Å². The van der Waals surface area contributed by atoms with Gasteiger partial charge in [-0.2, -0.15) is 0 Å². The molecular weight excluding hydrogens is 335 g/mol. The Morgan fingerprint density at radius 1 is 0.952 bits per heavy atom. The van der Waals surface area contributed by atoms with E-state index in [1.54, 1.807) is 30.3 Å². The molecule has 0 spiro atoms. The first-order valence-electron chi connectivity index (χ1n) is 6.66. The summed E-state index contributed by atoms with van der Waals surface area (Å²) in [5.41, 5.74) is 0.773. The third-order valence-electron chi connectivity index (χ3n) is 3.05. The Bertz CT molecular complexity index is 638. The first kappa shape index (κ1) is 15.9. The van der Waals surface area contributed by atoms with Gasteiger partial charge in [0, 0.05) is 0 Å². The van der Waals surface area contributed by atoms with Crippen LogP contribution in [0.3, 0.4) is 0 Å². The molecule has 1 unspecified atom stereocenters. The normalized spacial score (nSPS) is 13.0. The van der Waals surface area contributed by atoms with E-state index < -0.39 is 18.8 Å². The van der Waals surface area contributed by atoms with Crippen LogP contribution in [0.4, 0.5) is 0 Å². The molecule has 0 N–H and O–H groups in total. The van der Waals surface area contributed by atoms with Crippen LogP contribution < -0.4 is 9.57 Å². The van der Waals surface area contributed by atoms with Crippen molar-refractivity contribution in [1.29, 1.82) is 0 Å². The maximum absolute atomic E-state index is 12.5. The number of hydrogen-bond donors (Lipinski definition) is 0. The van der Waals surface area contributed by atoms with Crippen molar-refractivity contribution in [1.82, 2.24) is 0 Å². The average molecular weight is 352 g/mol. The molecule has 0 aromatic heterocycles. The summed E-state index contributed by atoms with van der Waals surface area (Å²) < 4.78 is 30.8. The van der Waals surface area contributed by atoms with Gasteiger partial charge in [-0.3, -0.25) is 0 Å². The summed E-state index contributed by atoms with van der Waals surface area (Å²) in [5.74, 6) is 0. The van der Waals surface area contributed by atoms with Crippen LogP contribution in [0.25, 0.3) is 0 Å². The number of hydrogen-bond acceptors (Lipinski definition) is 4. The van der Waals surface area contributed by atoms with Gasteiger partial charge in [0.25, 0.3) is 0 Å². The molecule has 21 heavy (non-hydrogen) atoms. The first-order chi connectivity index (χ1) is 10.1. The van der Waals surface area contributed by atoms with E-state index in [2.05, 4.69) is 0 Å². The fraction of sp³-hybridized carbons (Fsp3) is 0.250. The van der Waals surface area contributed by atoms with Crippen LogP contribution in [-0.2, 0) is 12.4 Å². The Balaban J connectivity index is 2.23. The Labute approximate surface area is 126 Å². The number of benzene rings is 2. The van der Waals surface area contributed by atoms with Gasteiger partial charge >= 0.3 is 126 Å². The molecule has 112 valence electrons. The Morgan fingerprint density at radius 3 is 2.10 bits per heavy atom. The van der Waals surface area contributed by atoms with Gasteiger partial charge < -0.3 is 0 Å². The number of ether oxygens (including phenoxy) is 1. The van der Waals surface area contributed by atoms with Crippen molar-refractivity contribution in [2.75, 3.05) is 13.2 Å². The van der Waals surface area contributed by atoms with Gasteiger partial charge in [0.05, 0.1) is 0 Å². The fourth-order valence-corrected chi connectivity index (χ4v) is 5.07. The Morgan fingerprint density at radius 2 is 1.52 bits per heavy atom. The van der Waals surface area contributed by atoms with E-state index >= 15 is 0 Å². The Hall–Kier alpha value is -1.52. The second kappa shape index (κ2) is 7.48. The monoisotopic (exact) mass is 353 g/mol. The van der Waals surface area contributed by atoms with Gasteiger partial charge in [-0.25, -0.2) is 0 Å². The second-order valence-electron chi connectivity index (χ2n) is 4.57. The minimum absolute atomic E-state index is 0.00162. The van der Waals surface area contributed by atoms with E-state index in [-0.39, 0.29) is 18.5 Å². The molecule has 0 aliphatic heterocycles. The average Bonchev–Trinajstić information content (AvgIpc) is 2.53. The third kappa shape index (κ3) is 4.48. The molecule has 2 rings (SSSR count). The van der Waals surface area contributed by atoms with Crippen molar-refractivity contribution in [3.05, 3.63) is 66.2 Å². The van der Waals surface area contributed by atoms with Crippen molar-refractivity contribution in [3.63, 3.8) is 0 Å². The molecule has 0 bridgehead atoms. The van der Waals surface area contributed by atoms with Gasteiger partial charge in [0.15, 0.2) is 0 Å². The molecule has 0 radical (unpaired) electrons. The van der Waals surface area contributed by atoms with E-state index in [0.29, 0.717) is 4.46 Å². The van der Waals surface area contributed by atoms with Crippen molar-refractivity contribution >= 4 is 17.2 Å². The zero-order valence-electron chi connectivity index (χ0n) is 11.5. The minimum atomic E-state index is -4.30. The molecule has 0 fully saturated rings. The van der Waals surface area contributed by atoms with Crippen molar-refractivity contribution in [2.45, 2.75) is 11.4 Å². The van der Waals surface area contributed by atoms with E-state index in [9.17, 15) is 12.8 Å². The number of rotatable bonds is 7. The molecule has 0 saturated heterocycles. The molecule has 0 saturated carbocycles. The van der Waals surface area contributed by atoms with Gasteiger partial charge in [0.2, 0.25) is 0 Å². The summed E-state index contributed by atoms with van der Waals surface area (Å²) in [7, 11) is 0. The standard InChI is InChI=1S/C16H17O4Se/c17-11-12-20-16(14-7-3-1-4-8-14)13-21(18,19)15-9-5-2-6-10-15/h1-10,16H,11-13H2/q-1. The molecule has 0 aliphatic carbocycles. The van der Waals surface area contributed by atoms with Gasteiger partial charge in [-0.05, 0) is 0 Å². The summed E-state index contributed by atoms with van der Waals surface area (Å²) in [4.78, 5) is 0. The van der Waals surface area contributed by atoms with E-state index in [4.69, 9.17) is 4.74 Å². The van der Waals surface area contributed by atoms with E-state index in [0.717, 1.165) is 5.56 Å². The van der Waals surface area contributed by atoms with E-state index in [1.165, 1.54) is 0 Å². The molecule has 0 heterocycles. The zero-order valence-corrected chi connectivity index (χ0v) is 13.2. The van der Waals surface area contributed by atoms with Crippen LogP contribution in [0.2, 0.25) is 5.32 Å². The molecule has 5 heteroatoms. The predicted octanol–water partition coefficient (Wildman–Crippen LogP) is 1.31. The molecule has 2 aromatic rings. The van der Waals surface area contributed by atoms with Crippen molar-refractivity contribution in [2.24, 2.45) is 0 Å². The maximum atomic E-state index is 12.5. The van der Waals surface area contributed by atoms with Crippen LogP contribution in [0.5, 0.6) is 0 Å². The fourth-order valence-electron chi connectivity index (χ4n) is 2.02. The molecular formula is C16H17O4Se-. The summed E-state index contributed by atoms with van der Waals surface area (Å²) in [6, 6.07) is 17.5. The van der Waals surface area contributed by atoms with Crippen LogP contribution in [0.1, 0.15) is 11.7 Å². The zero-order chi connectivity index (χ0) is 15.1. The second-order valence-corrected chi connectivity index (χ2v) is 8.84. The van der Waals surface area contributed by atoms with Crippen molar-refractivity contribution in [3.8, 4) is 0 Å². The van der Waals surface area contributed by atoms with Gasteiger partial charge in [0.1, 0.15) is 0 Å². The molecule has 4 nitrogen and oxygen atoms in total. The topological polar surface area (TPSA) is 66.4 Å². The predicted molar refractivity (Wildman–Crippen MR) is 78.0 cm³/mol. The molecule has 2 aromatic carbocycles. The van der Waals surface area contributed by atoms with E-state index in [1.807, 2.05) is 30.3 Å². The van der Waals surface area contributed by atoms with Crippen LogP contribution in [-0.4, -0.2) is 25.9 Å². The van der Waals surface area contributed by atoms with Gasteiger partial charge in [-0.15, -0.1) is 0 Å². The van der Waals surface area contributed by atoms with Crippen molar-refractivity contribution < 1.29 is 17.5 Å². The van der Waals surface area contributed by atoms with Crippen LogP contribution in [0.15, 0.2) is 60.7 Å². The summed E-state index contributed by atoms with van der Waals surface area (Å²) in [6.07, 6.45) is -0.602. The summed E-state index contributed by atoms with van der Waals surface area (Å²) in [5, 5.41) is 10.5. The first-order valence-corrected chi connectivity index (χ1v) is 10.1. The summed E-state index contributed by atoms with van der Waals surface area (Å²) >= 11 is -4.30. The quantitative estimate of drug-likeness (QED) is 0.705. The summed E-state index contributed by atoms with van der Waals surface area (Å²) in [6.45, 7) is -0.384. The molecule has 1 atom stereocenters. The third-order valence-corrected chi connectivity index (χ3v) is 6.68. The molecule has 0 aliphatic rings. The van der Waals surface area contributed by atoms with Crippen LogP contribution >= 0.6 is 0 Å². The van der Waals surface area contributed by atoms with Gasteiger partial charge in [-0.1, -0.05) is 0 Å². The Kier molecular flexibility index (Phi) is 5.65. The molecule has 0 amide bonds.